The minimum absolute atomic E-state index is 0.0263. The van der Waals surface area contributed by atoms with Crippen molar-refractivity contribution in [2.75, 3.05) is 25.0 Å². The molecule has 0 spiro atoms. The quantitative estimate of drug-likeness (QED) is 0.808. The molecule has 1 rings (SSSR count). The highest BCUT2D eigenvalue weighted by Crippen LogP contribution is 2.08. The molecule has 0 aliphatic rings. The number of hydrogen-bond acceptors (Lipinski definition) is 3. The molecule has 0 fully saturated rings. The molecule has 0 aliphatic heterocycles. The first kappa shape index (κ1) is 14.5. The average molecular weight is 249 g/mol. The van der Waals surface area contributed by atoms with Gasteiger partial charge < -0.3 is 10.2 Å². The van der Waals surface area contributed by atoms with Gasteiger partial charge in [-0.15, -0.1) is 0 Å². The van der Waals surface area contributed by atoms with Crippen molar-refractivity contribution in [1.82, 2.24) is 9.88 Å². The molecule has 0 aromatic carbocycles. The molecule has 4 heteroatoms. The Labute approximate surface area is 109 Å². The summed E-state index contributed by atoms with van der Waals surface area (Å²) in [6, 6.07) is 5.53. The van der Waals surface area contributed by atoms with Crippen LogP contribution in [0.5, 0.6) is 0 Å². The number of carbonyl (C=O) groups excluding carboxylic acids is 1. The molecule has 0 saturated carbocycles. The van der Waals surface area contributed by atoms with Crippen LogP contribution < -0.4 is 5.32 Å². The first-order chi connectivity index (χ1) is 8.72. The van der Waals surface area contributed by atoms with Crippen molar-refractivity contribution in [2.45, 2.75) is 33.6 Å². The van der Waals surface area contributed by atoms with Gasteiger partial charge in [0.05, 0.1) is 0 Å². The highest BCUT2D eigenvalue weighted by atomic mass is 16.2. The monoisotopic (exact) mass is 249 g/mol. The van der Waals surface area contributed by atoms with Gasteiger partial charge >= 0.3 is 0 Å². The van der Waals surface area contributed by atoms with Crippen LogP contribution in [0.2, 0.25) is 0 Å². The summed E-state index contributed by atoms with van der Waals surface area (Å²) in [5.41, 5.74) is 0.523. The van der Waals surface area contributed by atoms with Crippen molar-refractivity contribution in [3.05, 3.63) is 23.9 Å². The van der Waals surface area contributed by atoms with Gasteiger partial charge in [0.2, 0.25) is 0 Å². The van der Waals surface area contributed by atoms with E-state index < -0.39 is 0 Å². The minimum Gasteiger partial charge on any atom is -0.370 e. The van der Waals surface area contributed by atoms with Gasteiger partial charge in [-0.05, 0) is 31.9 Å². The maximum Gasteiger partial charge on any atom is 0.272 e. The van der Waals surface area contributed by atoms with Crippen LogP contribution in [0.4, 0.5) is 5.82 Å². The number of aromatic nitrogens is 1. The molecule has 4 nitrogen and oxygen atoms in total. The number of nitrogens with zero attached hydrogens (tertiary/aromatic N) is 2. The van der Waals surface area contributed by atoms with E-state index in [0.29, 0.717) is 5.69 Å². The van der Waals surface area contributed by atoms with Gasteiger partial charge in [-0.25, -0.2) is 4.98 Å². The fourth-order valence-electron chi connectivity index (χ4n) is 1.85. The van der Waals surface area contributed by atoms with Gasteiger partial charge in [-0.3, -0.25) is 4.79 Å². The summed E-state index contributed by atoms with van der Waals surface area (Å²) in [6.07, 6.45) is 1.94. The standard InChI is InChI=1S/C14H23N3O/c1-4-10-17(11-5-2)14(18)12-8-7-9-13(16-12)15-6-3/h7-9H,4-6,10-11H2,1-3H3,(H,15,16). The van der Waals surface area contributed by atoms with Crippen LogP contribution in [0.3, 0.4) is 0 Å². The summed E-state index contributed by atoms with van der Waals surface area (Å²) in [6.45, 7) is 8.56. The third-order valence-electron chi connectivity index (χ3n) is 2.60. The van der Waals surface area contributed by atoms with E-state index in [2.05, 4.69) is 24.1 Å². The Balaban J connectivity index is 2.82. The van der Waals surface area contributed by atoms with E-state index in [-0.39, 0.29) is 5.91 Å². The number of nitrogens with one attached hydrogen (secondary N) is 1. The molecule has 0 unspecified atom stereocenters. The van der Waals surface area contributed by atoms with Gasteiger partial charge in [0.15, 0.2) is 0 Å². The number of hydrogen-bond donors (Lipinski definition) is 1. The molecule has 1 aromatic rings. The van der Waals surface area contributed by atoms with Crippen molar-refractivity contribution < 1.29 is 4.79 Å². The Bertz CT molecular complexity index is 373. The van der Waals surface area contributed by atoms with Crippen molar-refractivity contribution in [3.63, 3.8) is 0 Å². The highest BCUT2D eigenvalue weighted by Gasteiger charge is 2.15. The van der Waals surface area contributed by atoms with Gasteiger partial charge in [-0.2, -0.15) is 0 Å². The van der Waals surface area contributed by atoms with Crippen LogP contribution in [-0.4, -0.2) is 35.4 Å². The Morgan fingerprint density at radius 1 is 1.22 bits per heavy atom. The number of rotatable bonds is 7. The predicted molar refractivity (Wildman–Crippen MR) is 74.9 cm³/mol. The molecule has 0 bridgehead atoms. The lowest BCUT2D eigenvalue weighted by molar-refractivity contribution is 0.0750. The fraction of sp³-hybridized carbons (Fsp3) is 0.571. The smallest absolute Gasteiger partial charge is 0.272 e. The normalized spacial score (nSPS) is 10.2. The maximum atomic E-state index is 12.3. The summed E-state index contributed by atoms with van der Waals surface area (Å²) < 4.78 is 0. The van der Waals surface area contributed by atoms with Crippen LogP contribution in [0.25, 0.3) is 0 Å². The summed E-state index contributed by atoms with van der Waals surface area (Å²) in [5, 5.41) is 3.12. The number of amides is 1. The van der Waals surface area contributed by atoms with E-state index in [4.69, 9.17) is 0 Å². The zero-order chi connectivity index (χ0) is 13.4. The average Bonchev–Trinajstić information content (AvgIpc) is 2.38. The van der Waals surface area contributed by atoms with E-state index in [1.807, 2.05) is 24.0 Å². The van der Waals surface area contributed by atoms with Crippen LogP contribution in [0.1, 0.15) is 44.1 Å². The van der Waals surface area contributed by atoms with Gasteiger partial charge in [0.1, 0.15) is 11.5 Å². The number of carbonyl (C=O) groups is 1. The lowest BCUT2D eigenvalue weighted by atomic mass is 10.2. The molecule has 1 heterocycles. The number of anilines is 1. The van der Waals surface area contributed by atoms with E-state index in [1.165, 1.54) is 0 Å². The topological polar surface area (TPSA) is 45.2 Å². The lowest BCUT2D eigenvalue weighted by Crippen LogP contribution is -2.33. The first-order valence-electron chi connectivity index (χ1n) is 6.73. The van der Waals surface area contributed by atoms with E-state index in [1.54, 1.807) is 6.07 Å². The molecular formula is C14H23N3O. The number of pyridine rings is 1. The predicted octanol–water partition coefficient (Wildman–Crippen LogP) is 2.78. The van der Waals surface area contributed by atoms with Crippen LogP contribution in [0, 0.1) is 0 Å². The SMILES string of the molecule is CCCN(CCC)C(=O)c1cccc(NCC)n1. The molecule has 1 N–H and O–H groups in total. The zero-order valence-electron chi connectivity index (χ0n) is 11.6. The van der Waals surface area contributed by atoms with Crippen LogP contribution in [0.15, 0.2) is 18.2 Å². The van der Waals surface area contributed by atoms with Gasteiger partial charge in [-0.1, -0.05) is 19.9 Å². The van der Waals surface area contributed by atoms with Crippen molar-refractivity contribution in [2.24, 2.45) is 0 Å². The largest absolute Gasteiger partial charge is 0.370 e. The third-order valence-corrected chi connectivity index (χ3v) is 2.60. The molecule has 100 valence electrons. The maximum absolute atomic E-state index is 12.3. The highest BCUT2D eigenvalue weighted by molar-refractivity contribution is 5.92. The second kappa shape index (κ2) is 7.69. The minimum atomic E-state index is 0.0263. The second-order valence-electron chi connectivity index (χ2n) is 4.23. The van der Waals surface area contributed by atoms with Crippen LogP contribution >= 0.6 is 0 Å². The van der Waals surface area contributed by atoms with E-state index >= 15 is 0 Å². The van der Waals surface area contributed by atoms with E-state index in [9.17, 15) is 4.79 Å². The summed E-state index contributed by atoms with van der Waals surface area (Å²) in [5.74, 6) is 0.787. The summed E-state index contributed by atoms with van der Waals surface area (Å²) in [4.78, 5) is 18.5. The Morgan fingerprint density at radius 3 is 2.44 bits per heavy atom. The molecule has 1 amide bonds. The van der Waals surface area contributed by atoms with E-state index in [0.717, 1.165) is 38.3 Å². The Kier molecular flexibility index (Phi) is 6.19. The molecule has 0 saturated heterocycles. The first-order valence-corrected chi connectivity index (χ1v) is 6.73. The molecule has 0 radical (unpaired) electrons. The van der Waals surface area contributed by atoms with Crippen LogP contribution in [-0.2, 0) is 0 Å². The lowest BCUT2D eigenvalue weighted by Gasteiger charge is -2.21. The van der Waals surface area contributed by atoms with Crippen molar-refractivity contribution >= 4 is 11.7 Å². The van der Waals surface area contributed by atoms with Crippen molar-refractivity contribution in [3.8, 4) is 0 Å². The molecule has 18 heavy (non-hydrogen) atoms. The van der Waals surface area contributed by atoms with Gasteiger partial charge in [0, 0.05) is 19.6 Å². The Hall–Kier alpha value is -1.58. The fourth-order valence-corrected chi connectivity index (χ4v) is 1.85. The molecular weight excluding hydrogens is 226 g/mol. The Morgan fingerprint density at radius 2 is 1.89 bits per heavy atom. The third kappa shape index (κ3) is 4.02. The molecule has 0 aliphatic carbocycles. The van der Waals surface area contributed by atoms with Crippen molar-refractivity contribution in [1.29, 1.82) is 0 Å². The zero-order valence-corrected chi connectivity index (χ0v) is 11.6. The molecule has 1 aromatic heterocycles. The second-order valence-corrected chi connectivity index (χ2v) is 4.23. The summed E-state index contributed by atoms with van der Waals surface area (Å²) in [7, 11) is 0. The van der Waals surface area contributed by atoms with Gasteiger partial charge in [0.25, 0.3) is 5.91 Å². The summed E-state index contributed by atoms with van der Waals surface area (Å²) >= 11 is 0. The molecule has 0 atom stereocenters.